The number of hydrogen-bond donors (Lipinski definition) is 2. The Balaban J connectivity index is 2.69. The number of anilines is 1. The smallest absolute Gasteiger partial charge is 0.417 e. The van der Waals surface area contributed by atoms with E-state index in [1.165, 1.54) is 43.4 Å². The summed E-state index contributed by atoms with van der Waals surface area (Å²) in [5, 5.41) is -2.13. The van der Waals surface area contributed by atoms with Crippen LogP contribution in [-0.2, 0) is 10.9 Å². The van der Waals surface area contributed by atoms with Gasteiger partial charge in [-0.2, -0.15) is 13.2 Å². The summed E-state index contributed by atoms with van der Waals surface area (Å²) in [5.41, 5.74) is -3.43. The number of nitrogens with zero attached hydrogens (tertiary/aromatic N) is 1. The SMILES string of the molecule is [2H]N(C(=O)N([2H])C1([2H])C([2H])([2H])C([2H])([2H])N(C(=O)OC(C)(C)C)C([2H])([2H])C1([2H])[2H])c1cc(Cl)c(C(F)(F)F)cc1I. The number of benzene rings is 1. The van der Waals surface area contributed by atoms with Crippen LogP contribution in [-0.4, -0.2) is 41.6 Å². The molecule has 1 aliphatic rings. The van der Waals surface area contributed by atoms with Crippen molar-refractivity contribution in [3.05, 3.63) is 26.3 Å². The van der Waals surface area contributed by atoms with Gasteiger partial charge in [0, 0.05) is 33.5 Å². The fourth-order valence-corrected chi connectivity index (χ4v) is 2.65. The summed E-state index contributed by atoms with van der Waals surface area (Å²) in [5.74, 6) is 0. The average molecular weight is 559 g/mol. The maximum absolute atomic E-state index is 13.2. The van der Waals surface area contributed by atoms with Gasteiger partial charge in [-0.3, -0.25) is 0 Å². The third-order valence-electron chi connectivity index (χ3n) is 2.91. The molecule has 0 aliphatic carbocycles. The van der Waals surface area contributed by atoms with Crippen LogP contribution in [0.25, 0.3) is 0 Å². The van der Waals surface area contributed by atoms with Crippen molar-refractivity contribution in [3.63, 3.8) is 0 Å². The van der Waals surface area contributed by atoms with E-state index < -0.39 is 85.7 Å². The van der Waals surface area contributed by atoms with Crippen LogP contribution >= 0.6 is 34.2 Å². The number of nitrogens with one attached hydrogen (secondary N) is 2. The van der Waals surface area contributed by atoms with Crippen LogP contribution in [0.1, 0.15) is 51.4 Å². The molecule has 0 saturated carbocycles. The molecule has 11 heteroatoms. The number of alkyl halides is 3. The summed E-state index contributed by atoms with van der Waals surface area (Å²) in [6, 6.07) is -5.29. The molecule has 29 heavy (non-hydrogen) atoms. The summed E-state index contributed by atoms with van der Waals surface area (Å²) >= 11 is 6.93. The van der Waals surface area contributed by atoms with Crippen LogP contribution in [0, 0.1) is 3.57 Å². The Kier molecular flexibility index (Phi) is 3.92. The first-order chi connectivity index (χ1) is 17.5. The second-order valence-corrected chi connectivity index (χ2v) is 7.99. The lowest BCUT2D eigenvalue weighted by molar-refractivity contribution is -0.137. The Hall–Kier alpha value is -1.43. The van der Waals surface area contributed by atoms with Gasteiger partial charge in [-0.15, -0.1) is 0 Å². The first-order valence-electron chi connectivity index (χ1n) is 13.1. The Morgan fingerprint density at radius 3 is 2.45 bits per heavy atom. The largest absolute Gasteiger partial charge is 0.444 e. The number of piperidine rings is 1. The minimum atomic E-state index is -4.93. The molecule has 0 atom stereocenters. The van der Waals surface area contributed by atoms with Crippen molar-refractivity contribution < 1.29 is 42.7 Å². The van der Waals surface area contributed by atoms with Crippen molar-refractivity contribution in [2.75, 3.05) is 18.3 Å². The van der Waals surface area contributed by atoms with Crippen LogP contribution in [0.5, 0.6) is 0 Å². The molecule has 1 aliphatic heterocycles. The summed E-state index contributed by atoms with van der Waals surface area (Å²) in [7, 11) is 0. The lowest BCUT2D eigenvalue weighted by atomic mass is 10.1. The number of halogens is 5. The van der Waals surface area contributed by atoms with Gasteiger partial charge in [0.1, 0.15) is 5.60 Å². The van der Waals surface area contributed by atoms with E-state index in [0.717, 1.165) is 0 Å². The molecule has 1 heterocycles. The quantitative estimate of drug-likeness (QED) is 0.472. The van der Waals surface area contributed by atoms with Crippen LogP contribution in [0.4, 0.5) is 28.4 Å². The highest BCUT2D eigenvalue weighted by Crippen LogP contribution is 2.38. The number of ether oxygens (including phenoxy) is 1. The Morgan fingerprint density at radius 1 is 1.34 bits per heavy atom. The molecule has 0 aromatic heterocycles. The maximum atomic E-state index is 13.2. The molecule has 6 nitrogen and oxygen atoms in total. The molecule has 1 saturated heterocycles. The third kappa shape index (κ3) is 7.09. The highest BCUT2D eigenvalue weighted by atomic mass is 127. The predicted octanol–water partition coefficient (Wildman–Crippen LogP) is 5.48. The van der Waals surface area contributed by atoms with Crippen molar-refractivity contribution in [3.8, 4) is 0 Å². The van der Waals surface area contributed by atoms with Gasteiger partial charge in [-0.25, -0.2) is 9.59 Å². The van der Waals surface area contributed by atoms with Crippen molar-refractivity contribution in [1.29, 1.82) is 0 Å². The number of carbonyl (C=O) groups is 2. The van der Waals surface area contributed by atoms with Gasteiger partial charge >= 0.3 is 18.3 Å². The fourth-order valence-electron chi connectivity index (χ4n) is 1.79. The molecular weight excluding hydrogens is 526 g/mol. The van der Waals surface area contributed by atoms with Crippen LogP contribution in [0.2, 0.25) is 7.85 Å². The molecule has 0 bridgehead atoms. The average Bonchev–Trinajstić information content (AvgIpc) is 2.74. The zero-order valence-corrected chi connectivity index (χ0v) is 18.0. The van der Waals surface area contributed by atoms with Gasteiger partial charge in [0.25, 0.3) is 0 Å². The molecule has 0 radical (unpaired) electrons. The molecule has 2 rings (SSSR count). The third-order valence-corrected chi connectivity index (χ3v) is 4.09. The lowest BCUT2D eigenvalue weighted by Crippen LogP contribution is -2.48. The number of urea groups is 1. The molecule has 0 unspecified atom stereocenters. The van der Waals surface area contributed by atoms with E-state index in [-0.39, 0.29) is 5.31 Å². The molecule has 162 valence electrons. The summed E-state index contributed by atoms with van der Waals surface area (Å²) in [4.78, 5) is 25.3. The van der Waals surface area contributed by atoms with E-state index >= 15 is 0 Å². The normalized spacial score (nSPS) is 29.4. The minimum absolute atomic E-state index is 0.311. The topological polar surface area (TPSA) is 70.7 Å². The number of carbonyl (C=O) groups excluding carboxylic acids is 2. The number of hydrogen-bond acceptors (Lipinski definition) is 3. The van der Waals surface area contributed by atoms with Crippen LogP contribution in [0.15, 0.2) is 12.1 Å². The van der Waals surface area contributed by atoms with E-state index in [1.54, 1.807) is 0 Å². The van der Waals surface area contributed by atoms with Gasteiger partial charge in [-0.1, -0.05) is 11.6 Å². The number of amides is 3. The van der Waals surface area contributed by atoms with Gasteiger partial charge in [0.15, 0.2) is 2.82 Å². The van der Waals surface area contributed by atoms with E-state index in [4.69, 9.17) is 31.5 Å². The van der Waals surface area contributed by atoms with Gasteiger partial charge in [-0.05, 0) is 68.2 Å². The zero-order valence-electron chi connectivity index (χ0n) is 26.1. The predicted molar refractivity (Wildman–Crippen MR) is 112 cm³/mol. The van der Waals surface area contributed by atoms with Gasteiger partial charge in [0.2, 0.25) is 0 Å². The zero-order chi connectivity index (χ0) is 31.8. The minimum Gasteiger partial charge on any atom is -0.444 e. The molecule has 1 aromatic carbocycles. The molecule has 3 amide bonds. The molecular formula is C18H22ClF3IN3O3. The second-order valence-electron chi connectivity index (χ2n) is 6.43. The second kappa shape index (κ2) is 9.15. The van der Waals surface area contributed by atoms with Crippen molar-refractivity contribution in [2.45, 2.75) is 51.3 Å². The fraction of sp³-hybridized carbons (Fsp3) is 0.556. The summed E-state index contributed by atoms with van der Waals surface area (Å²) in [6.07, 6.45) is -15.0. The standard InChI is InChI=1S/C18H22ClF3IN3O3/c1-17(2,3)29-16(28)26-6-4-10(5-7-26)24-15(27)25-14-9-12(19)11(8-13(14)23)18(20,21)22/h8-10H,4-7H2,1-3H3,(H2,24,25,27)/i4D2,5D2,6D2,7D2,10D/hD2. The monoisotopic (exact) mass is 558 g/mol. The van der Waals surface area contributed by atoms with Gasteiger partial charge in [0.05, 0.1) is 17.6 Å². The van der Waals surface area contributed by atoms with Crippen LogP contribution < -0.4 is 10.6 Å². The highest BCUT2D eigenvalue weighted by Gasteiger charge is 2.34. The summed E-state index contributed by atoms with van der Waals surface area (Å²) < 4.78 is 135. The number of rotatable bonds is 2. The van der Waals surface area contributed by atoms with E-state index in [0.29, 0.717) is 12.1 Å². The van der Waals surface area contributed by atoms with Crippen LogP contribution in [0.3, 0.4) is 0 Å². The molecule has 1 fully saturated rings. The number of likely N-dealkylation sites (tertiary alicyclic amines) is 1. The molecule has 2 N–H and O–H groups in total. The lowest BCUT2D eigenvalue weighted by Gasteiger charge is -2.33. The van der Waals surface area contributed by atoms with E-state index in [2.05, 4.69) is 0 Å². The van der Waals surface area contributed by atoms with Gasteiger partial charge < -0.3 is 20.3 Å². The highest BCUT2D eigenvalue weighted by molar-refractivity contribution is 14.1. The first-order valence-corrected chi connectivity index (χ1v) is 9.19. The molecule has 1 aromatic rings. The van der Waals surface area contributed by atoms with Crippen molar-refractivity contribution in [1.82, 2.24) is 10.2 Å². The maximum Gasteiger partial charge on any atom is 0.417 e. The molecule has 0 spiro atoms. The Labute approximate surface area is 201 Å². The summed E-state index contributed by atoms with van der Waals surface area (Å²) in [6.45, 7) is -3.99. The first kappa shape index (κ1) is 12.4. The van der Waals surface area contributed by atoms with Crippen molar-refractivity contribution >= 4 is 52.0 Å². The Bertz CT molecular complexity index is 1190. The van der Waals surface area contributed by atoms with E-state index in [9.17, 15) is 22.8 Å². The Morgan fingerprint density at radius 2 is 1.93 bits per heavy atom. The van der Waals surface area contributed by atoms with E-state index in [1.807, 2.05) is 0 Å². The van der Waals surface area contributed by atoms with Crippen molar-refractivity contribution in [2.24, 2.45) is 0 Å².